The molecule has 0 unspecified atom stereocenters. The second-order valence-corrected chi connectivity index (χ2v) is 4.35. The third-order valence-electron chi connectivity index (χ3n) is 2.62. The third-order valence-corrected chi connectivity index (χ3v) is 2.81. The maximum atomic E-state index is 5.84. The maximum absolute atomic E-state index is 5.84. The topological polar surface area (TPSA) is 35.0 Å². The van der Waals surface area contributed by atoms with E-state index in [1.165, 1.54) is 25.7 Å². The maximum Gasteiger partial charge on any atom is 0.155 e. The van der Waals surface area contributed by atoms with Gasteiger partial charge in [-0.05, 0) is 25.8 Å². The number of aryl methyl sites for hydroxylation is 1. The van der Waals surface area contributed by atoms with E-state index in [2.05, 4.69) is 9.97 Å². The van der Waals surface area contributed by atoms with Crippen LogP contribution in [0.5, 0.6) is 0 Å². The number of ether oxygens (including phenoxy) is 1. The Morgan fingerprint density at radius 2 is 2.13 bits per heavy atom. The first-order chi connectivity index (χ1) is 7.24. The molecule has 0 amide bonds. The zero-order valence-electron chi connectivity index (χ0n) is 8.87. The normalized spacial score (nSPS) is 17.2. The first kappa shape index (κ1) is 10.8. The first-order valence-corrected chi connectivity index (χ1v) is 5.73. The highest BCUT2D eigenvalue weighted by Gasteiger charge is 2.15. The fourth-order valence-corrected chi connectivity index (χ4v) is 2.16. The molecule has 3 nitrogen and oxygen atoms in total. The number of halogens is 1. The van der Waals surface area contributed by atoms with E-state index in [1.54, 1.807) is 6.07 Å². The number of rotatable bonds is 3. The molecule has 0 aromatic carbocycles. The fourth-order valence-electron chi connectivity index (χ4n) is 1.90. The molecular formula is C11H15ClN2O. The quantitative estimate of drug-likeness (QED) is 0.744. The highest BCUT2D eigenvalue weighted by molar-refractivity contribution is 6.29. The Morgan fingerprint density at radius 1 is 1.40 bits per heavy atom. The van der Waals surface area contributed by atoms with Gasteiger partial charge in [0.25, 0.3) is 0 Å². The summed E-state index contributed by atoms with van der Waals surface area (Å²) in [6, 6.07) is 1.75. The van der Waals surface area contributed by atoms with Crippen molar-refractivity contribution < 1.29 is 4.74 Å². The molecule has 0 bridgehead atoms. The number of hydrogen-bond acceptors (Lipinski definition) is 3. The Morgan fingerprint density at radius 3 is 2.80 bits per heavy atom. The average Bonchev–Trinajstić information content (AvgIpc) is 2.65. The van der Waals surface area contributed by atoms with Gasteiger partial charge in [0.05, 0.1) is 6.10 Å². The predicted octanol–water partition coefficient (Wildman–Crippen LogP) is 2.90. The highest BCUT2D eigenvalue weighted by Crippen LogP contribution is 2.21. The number of hydrogen-bond donors (Lipinski definition) is 0. The molecule has 1 saturated carbocycles. The van der Waals surface area contributed by atoms with Crippen molar-refractivity contribution >= 4 is 11.6 Å². The summed E-state index contributed by atoms with van der Waals surface area (Å²) in [5.41, 5.74) is 0.889. The molecular weight excluding hydrogens is 212 g/mol. The van der Waals surface area contributed by atoms with Crippen LogP contribution in [-0.4, -0.2) is 16.1 Å². The molecule has 15 heavy (non-hydrogen) atoms. The van der Waals surface area contributed by atoms with Crippen LogP contribution in [0.25, 0.3) is 0 Å². The van der Waals surface area contributed by atoms with Gasteiger partial charge >= 0.3 is 0 Å². The second kappa shape index (κ2) is 4.90. The standard InChI is InChI=1S/C11H15ClN2O/c1-8-6-10(12)14-11(13-8)7-15-9-4-2-3-5-9/h6,9H,2-5,7H2,1H3. The van der Waals surface area contributed by atoms with E-state index in [4.69, 9.17) is 16.3 Å². The first-order valence-electron chi connectivity index (χ1n) is 5.36. The van der Waals surface area contributed by atoms with Gasteiger partial charge in [-0.2, -0.15) is 0 Å². The van der Waals surface area contributed by atoms with Gasteiger partial charge in [0.2, 0.25) is 0 Å². The van der Waals surface area contributed by atoms with E-state index >= 15 is 0 Å². The summed E-state index contributed by atoms with van der Waals surface area (Å²) in [4.78, 5) is 8.40. The molecule has 1 fully saturated rings. The molecule has 1 aromatic rings. The monoisotopic (exact) mass is 226 g/mol. The van der Waals surface area contributed by atoms with Crippen molar-refractivity contribution in [1.82, 2.24) is 9.97 Å². The van der Waals surface area contributed by atoms with Crippen molar-refractivity contribution in [3.05, 3.63) is 22.7 Å². The molecule has 0 radical (unpaired) electrons. The predicted molar refractivity (Wildman–Crippen MR) is 58.8 cm³/mol. The smallest absolute Gasteiger partial charge is 0.155 e. The lowest BCUT2D eigenvalue weighted by molar-refractivity contribution is 0.0416. The Labute approximate surface area is 94.8 Å². The van der Waals surface area contributed by atoms with Crippen molar-refractivity contribution in [1.29, 1.82) is 0 Å². The van der Waals surface area contributed by atoms with Gasteiger partial charge in [0, 0.05) is 5.69 Å². The van der Waals surface area contributed by atoms with Gasteiger partial charge in [-0.15, -0.1) is 0 Å². The van der Waals surface area contributed by atoms with Crippen molar-refractivity contribution in [3.63, 3.8) is 0 Å². The minimum atomic E-state index is 0.396. The van der Waals surface area contributed by atoms with E-state index in [0.717, 1.165) is 5.69 Å². The van der Waals surface area contributed by atoms with Crippen LogP contribution in [0.3, 0.4) is 0 Å². The molecule has 0 aliphatic heterocycles. The Hall–Kier alpha value is -0.670. The van der Waals surface area contributed by atoms with E-state index in [-0.39, 0.29) is 0 Å². The van der Waals surface area contributed by atoms with E-state index in [9.17, 15) is 0 Å². The lowest BCUT2D eigenvalue weighted by Gasteiger charge is -2.10. The molecule has 1 aliphatic rings. The Balaban J connectivity index is 1.92. The molecule has 0 spiro atoms. The molecule has 4 heteroatoms. The molecule has 82 valence electrons. The van der Waals surface area contributed by atoms with Crippen LogP contribution in [0.1, 0.15) is 37.2 Å². The minimum absolute atomic E-state index is 0.396. The molecule has 2 rings (SSSR count). The van der Waals surface area contributed by atoms with Crippen LogP contribution in [0.15, 0.2) is 6.07 Å². The molecule has 1 heterocycles. The largest absolute Gasteiger partial charge is 0.370 e. The summed E-state index contributed by atoms with van der Waals surface area (Å²) < 4.78 is 5.72. The van der Waals surface area contributed by atoms with E-state index in [0.29, 0.717) is 23.7 Å². The van der Waals surface area contributed by atoms with Gasteiger partial charge in [0.15, 0.2) is 5.82 Å². The van der Waals surface area contributed by atoms with Gasteiger partial charge in [-0.3, -0.25) is 0 Å². The van der Waals surface area contributed by atoms with Crippen molar-refractivity contribution in [2.45, 2.75) is 45.3 Å². The molecule has 0 saturated heterocycles. The van der Waals surface area contributed by atoms with Crippen molar-refractivity contribution in [3.8, 4) is 0 Å². The highest BCUT2D eigenvalue weighted by atomic mass is 35.5. The number of nitrogens with zero attached hydrogens (tertiary/aromatic N) is 2. The molecule has 1 aliphatic carbocycles. The summed E-state index contributed by atoms with van der Waals surface area (Å²) in [7, 11) is 0. The van der Waals surface area contributed by atoms with Crippen molar-refractivity contribution in [2.24, 2.45) is 0 Å². The van der Waals surface area contributed by atoms with Crippen LogP contribution < -0.4 is 0 Å². The van der Waals surface area contributed by atoms with Gasteiger partial charge < -0.3 is 4.74 Å². The molecule has 1 aromatic heterocycles. The third kappa shape index (κ3) is 3.14. The van der Waals surface area contributed by atoms with Gasteiger partial charge in [0.1, 0.15) is 11.8 Å². The summed E-state index contributed by atoms with van der Waals surface area (Å²) >= 11 is 5.84. The van der Waals surface area contributed by atoms with Crippen LogP contribution >= 0.6 is 11.6 Å². The average molecular weight is 227 g/mol. The van der Waals surface area contributed by atoms with Gasteiger partial charge in [-0.1, -0.05) is 24.4 Å². The second-order valence-electron chi connectivity index (χ2n) is 3.97. The Kier molecular flexibility index (Phi) is 3.54. The summed E-state index contributed by atoms with van der Waals surface area (Å²) in [5, 5.41) is 0.493. The minimum Gasteiger partial charge on any atom is -0.370 e. The SMILES string of the molecule is Cc1cc(Cl)nc(COC2CCCC2)n1. The van der Waals surface area contributed by atoms with Crippen LogP contribution in [0.4, 0.5) is 0 Å². The number of aromatic nitrogens is 2. The lowest BCUT2D eigenvalue weighted by atomic mass is 10.3. The summed E-state index contributed by atoms with van der Waals surface area (Å²) in [6.45, 7) is 2.39. The van der Waals surface area contributed by atoms with Gasteiger partial charge in [-0.25, -0.2) is 9.97 Å². The molecule has 0 N–H and O–H groups in total. The van der Waals surface area contributed by atoms with E-state index < -0.39 is 0 Å². The van der Waals surface area contributed by atoms with E-state index in [1.807, 2.05) is 6.92 Å². The van der Waals surface area contributed by atoms with Crippen LogP contribution in [0, 0.1) is 6.92 Å². The lowest BCUT2D eigenvalue weighted by Crippen LogP contribution is -2.09. The van der Waals surface area contributed by atoms with Crippen molar-refractivity contribution in [2.75, 3.05) is 0 Å². The fraction of sp³-hybridized carbons (Fsp3) is 0.636. The zero-order valence-corrected chi connectivity index (χ0v) is 9.63. The summed E-state index contributed by atoms with van der Waals surface area (Å²) in [5.74, 6) is 0.687. The van der Waals surface area contributed by atoms with Crippen LogP contribution in [0.2, 0.25) is 5.15 Å². The molecule has 0 atom stereocenters. The summed E-state index contributed by atoms with van der Waals surface area (Å²) in [6.07, 6.45) is 5.28. The Bertz CT molecular complexity index is 317. The zero-order chi connectivity index (χ0) is 10.7. The van der Waals surface area contributed by atoms with Crippen LogP contribution in [-0.2, 0) is 11.3 Å².